The summed E-state index contributed by atoms with van der Waals surface area (Å²) in [5, 5.41) is 2.61. The molecule has 31 heavy (non-hydrogen) atoms. The summed E-state index contributed by atoms with van der Waals surface area (Å²) in [7, 11) is -3.32. The van der Waals surface area contributed by atoms with E-state index < -0.39 is 33.6 Å². The third kappa shape index (κ3) is 4.20. The van der Waals surface area contributed by atoms with Crippen LogP contribution in [0.15, 0.2) is 18.2 Å². The minimum absolute atomic E-state index is 0.199. The molecule has 3 fully saturated rings. The first kappa shape index (κ1) is 21.8. The number of nitrogens with one attached hydrogen (secondary N) is 1. The molecule has 3 aliphatic heterocycles. The fourth-order valence-electron chi connectivity index (χ4n) is 4.92. The zero-order valence-corrected chi connectivity index (χ0v) is 18.5. The molecule has 1 unspecified atom stereocenters. The third-order valence-corrected chi connectivity index (χ3v) is 7.67. The van der Waals surface area contributed by atoms with Crippen LogP contribution >= 0.6 is 0 Å². The van der Waals surface area contributed by atoms with Crippen LogP contribution in [0.5, 0.6) is 0 Å². The van der Waals surface area contributed by atoms with Gasteiger partial charge in [0.1, 0.15) is 11.9 Å². The fraction of sp³-hybridized carbons (Fsp3) is 0.600. The van der Waals surface area contributed by atoms with E-state index in [9.17, 15) is 18.0 Å². The summed E-state index contributed by atoms with van der Waals surface area (Å²) >= 11 is 0. The number of benzene rings is 1. The summed E-state index contributed by atoms with van der Waals surface area (Å²) in [5.74, 6) is -0.693. The van der Waals surface area contributed by atoms with Gasteiger partial charge in [0.05, 0.1) is 36.3 Å². The van der Waals surface area contributed by atoms with Crippen LogP contribution in [-0.4, -0.2) is 75.3 Å². The number of cyclic esters (lactones) is 1. The zero-order chi connectivity index (χ0) is 22.4. The molecule has 3 saturated heterocycles. The molecular formula is C20H27FN4O5S. The van der Waals surface area contributed by atoms with E-state index in [0.717, 1.165) is 12.8 Å². The predicted octanol–water partition coefficient (Wildman–Crippen LogP) is 1.29. The van der Waals surface area contributed by atoms with E-state index in [0.29, 0.717) is 37.4 Å². The van der Waals surface area contributed by atoms with Crippen molar-refractivity contribution in [3.63, 3.8) is 0 Å². The number of hydrogen-bond acceptors (Lipinski definition) is 6. The molecule has 9 nitrogen and oxygen atoms in total. The van der Waals surface area contributed by atoms with Gasteiger partial charge in [-0.1, -0.05) is 0 Å². The number of halogens is 1. The number of sulfonamides is 1. The molecule has 3 heterocycles. The first-order valence-electron chi connectivity index (χ1n) is 10.3. The second-order valence-electron chi connectivity index (χ2n) is 8.52. The van der Waals surface area contributed by atoms with Crippen molar-refractivity contribution in [3.05, 3.63) is 24.0 Å². The van der Waals surface area contributed by atoms with Crippen molar-refractivity contribution in [1.82, 2.24) is 9.62 Å². The Balaban J connectivity index is 1.48. The molecule has 0 aliphatic carbocycles. The van der Waals surface area contributed by atoms with Crippen LogP contribution in [0.2, 0.25) is 0 Å². The van der Waals surface area contributed by atoms with Crippen molar-refractivity contribution in [2.24, 2.45) is 0 Å². The molecule has 11 heteroatoms. The summed E-state index contributed by atoms with van der Waals surface area (Å²) in [6.45, 7) is 3.31. The smallest absolute Gasteiger partial charge is 0.414 e. The van der Waals surface area contributed by atoms with Crippen molar-refractivity contribution < 1.29 is 27.1 Å². The minimum Gasteiger partial charge on any atom is -0.442 e. The summed E-state index contributed by atoms with van der Waals surface area (Å²) in [6, 6.07) is 4.58. The molecule has 0 aromatic heterocycles. The Bertz CT molecular complexity index is 1000. The molecule has 170 valence electrons. The van der Waals surface area contributed by atoms with Crippen LogP contribution in [0.4, 0.5) is 20.6 Å². The number of carbonyl (C=O) groups is 2. The lowest BCUT2D eigenvalue weighted by molar-refractivity contribution is -0.119. The standard InChI is InChI=1S/C20H27FN4O5S/c1-14(26)22-11-16-12-24(19(27)30-16)15-4-5-18(17(21)10-15)23-9-7-20(13-23)6-3-8-25(20)31(2,28)29/h4-5,10,16H,3,6-9,11-13H2,1-2H3,(H,22,26)/t16-,20?/m0/s1. The zero-order valence-electron chi connectivity index (χ0n) is 17.6. The maximum atomic E-state index is 15.0. The van der Waals surface area contributed by atoms with E-state index in [1.54, 1.807) is 16.4 Å². The lowest BCUT2D eigenvalue weighted by Crippen LogP contribution is -2.48. The predicted molar refractivity (Wildman–Crippen MR) is 113 cm³/mol. The maximum absolute atomic E-state index is 15.0. The molecule has 4 rings (SSSR count). The molecule has 1 N–H and O–H groups in total. The second-order valence-corrected chi connectivity index (χ2v) is 10.4. The first-order chi connectivity index (χ1) is 14.6. The summed E-state index contributed by atoms with van der Waals surface area (Å²) in [6.07, 6.45) is 2.38. The van der Waals surface area contributed by atoms with Gasteiger partial charge < -0.3 is 15.0 Å². The fourth-order valence-corrected chi connectivity index (χ4v) is 6.32. The second kappa shape index (κ2) is 7.94. The van der Waals surface area contributed by atoms with Gasteiger partial charge in [-0.25, -0.2) is 17.6 Å². The van der Waals surface area contributed by atoms with E-state index in [1.807, 2.05) is 4.90 Å². The van der Waals surface area contributed by atoms with Gasteiger partial charge >= 0.3 is 6.09 Å². The van der Waals surface area contributed by atoms with Crippen molar-refractivity contribution >= 4 is 33.4 Å². The van der Waals surface area contributed by atoms with Gasteiger partial charge in [0.2, 0.25) is 15.9 Å². The Morgan fingerprint density at radius 3 is 2.77 bits per heavy atom. The van der Waals surface area contributed by atoms with E-state index in [4.69, 9.17) is 4.74 Å². The molecule has 1 aromatic carbocycles. The number of ether oxygens (including phenoxy) is 1. The molecule has 0 radical (unpaired) electrons. The minimum atomic E-state index is -3.32. The van der Waals surface area contributed by atoms with Crippen LogP contribution in [-0.2, 0) is 19.6 Å². The highest BCUT2D eigenvalue weighted by Crippen LogP contribution is 2.41. The molecule has 2 atom stereocenters. The van der Waals surface area contributed by atoms with Crippen LogP contribution in [0.1, 0.15) is 26.2 Å². The van der Waals surface area contributed by atoms with Crippen LogP contribution in [0.25, 0.3) is 0 Å². The Morgan fingerprint density at radius 1 is 1.32 bits per heavy atom. The Kier molecular flexibility index (Phi) is 5.59. The third-order valence-electron chi connectivity index (χ3n) is 6.30. The Labute approximate surface area is 181 Å². The number of amides is 2. The van der Waals surface area contributed by atoms with E-state index >= 15 is 4.39 Å². The van der Waals surface area contributed by atoms with Crippen molar-refractivity contribution in [3.8, 4) is 0 Å². The SMILES string of the molecule is CC(=O)NC[C@H]1CN(c2ccc(N3CCC4(CCCN4S(C)(=O)=O)C3)c(F)c2)C(=O)O1. The molecule has 0 bridgehead atoms. The summed E-state index contributed by atoms with van der Waals surface area (Å²) in [4.78, 5) is 26.5. The Hall–Kier alpha value is -2.40. The number of carbonyl (C=O) groups excluding carboxylic acids is 2. The monoisotopic (exact) mass is 454 g/mol. The van der Waals surface area contributed by atoms with E-state index in [1.165, 1.54) is 24.1 Å². The Morgan fingerprint density at radius 2 is 2.10 bits per heavy atom. The van der Waals surface area contributed by atoms with Crippen LogP contribution in [0.3, 0.4) is 0 Å². The topological polar surface area (TPSA) is 99.3 Å². The largest absolute Gasteiger partial charge is 0.442 e. The molecule has 3 aliphatic rings. The quantitative estimate of drug-likeness (QED) is 0.720. The summed E-state index contributed by atoms with van der Waals surface area (Å²) < 4.78 is 46.2. The molecule has 2 amide bonds. The summed E-state index contributed by atoms with van der Waals surface area (Å²) in [5.41, 5.74) is 0.293. The lowest BCUT2D eigenvalue weighted by Gasteiger charge is -2.33. The number of rotatable bonds is 5. The van der Waals surface area contributed by atoms with Gasteiger partial charge in [0.15, 0.2) is 0 Å². The molecule has 1 spiro atoms. The van der Waals surface area contributed by atoms with Crippen molar-refractivity contribution in [1.29, 1.82) is 0 Å². The lowest BCUT2D eigenvalue weighted by atomic mass is 9.97. The normalized spacial score (nSPS) is 26.7. The van der Waals surface area contributed by atoms with Gasteiger partial charge in [-0.15, -0.1) is 0 Å². The highest BCUT2D eigenvalue weighted by atomic mass is 32.2. The van der Waals surface area contributed by atoms with Gasteiger partial charge in [-0.2, -0.15) is 4.31 Å². The first-order valence-corrected chi connectivity index (χ1v) is 12.2. The van der Waals surface area contributed by atoms with Gasteiger partial charge in [-0.3, -0.25) is 9.69 Å². The number of hydrogen-bond donors (Lipinski definition) is 1. The average molecular weight is 455 g/mol. The van der Waals surface area contributed by atoms with Gasteiger partial charge in [-0.05, 0) is 37.5 Å². The van der Waals surface area contributed by atoms with E-state index in [-0.39, 0.29) is 19.0 Å². The molecular weight excluding hydrogens is 427 g/mol. The maximum Gasteiger partial charge on any atom is 0.414 e. The molecule has 0 saturated carbocycles. The number of nitrogens with zero attached hydrogens (tertiary/aromatic N) is 3. The van der Waals surface area contributed by atoms with Crippen LogP contribution < -0.4 is 15.1 Å². The van der Waals surface area contributed by atoms with Gasteiger partial charge in [0, 0.05) is 26.6 Å². The number of anilines is 2. The highest BCUT2D eigenvalue weighted by Gasteiger charge is 2.50. The van der Waals surface area contributed by atoms with Gasteiger partial charge in [0.25, 0.3) is 0 Å². The van der Waals surface area contributed by atoms with Crippen molar-refractivity contribution in [2.45, 2.75) is 37.8 Å². The molecule has 1 aromatic rings. The van der Waals surface area contributed by atoms with Crippen LogP contribution in [0, 0.1) is 5.82 Å². The highest BCUT2D eigenvalue weighted by molar-refractivity contribution is 7.88. The van der Waals surface area contributed by atoms with E-state index in [2.05, 4.69) is 5.32 Å². The average Bonchev–Trinajstić information content (AvgIpc) is 3.39. The van der Waals surface area contributed by atoms with Crippen molar-refractivity contribution in [2.75, 3.05) is 48.8 Å².